The van der Waals surface area contributed by atoms with Crippen LogP contribution in [-0.4, -0.2) is 46.3 Å². The van der Waals surface area contributed by atoms with E-state index in [4.69, 9.17) is 9.73 Å². The molecule has 0 saturated heterocycles. The van der Waals surface area contributed by atoms with E-state index < -0.39 is 0 Å². The molecule has 0 radical (unpaired) electrons. The van der Waals surface area contributed by atoms with E-state index in [0.717, 1.165) is 34.7 Å². The van der Waals surface area contributed by atoms with E-state index in [1.54, 1.807) is 12.4 Å². The molecule has 1 aliphatic rings. The Labute approximate surface area is 152 Å². The van der Waals surface area contributed by atoms with Crippen molar-refractivity contribution in [2.75, 3.05) is 19.8 Å². The quantitative estimate of drug-likeness (QED) is 0.776. The monoisotopic (exact) mass is 353 g/mol. The highest BCUT2D eigenvalue weighted by Crippen LogP contribution is 2.31. The van der Waals surface area contributed by atoms with Crippen LogP contribution in [0.2, 0.25) is 0 Å². The number of rotatable bonds is 7. The van der Waals surface area contributed by atoms with Crippen LogP contribution in [0, 0.1) is 0 Å². The third-order valence-electron chi connectivity index (χ3n) is 4.13. The predicted molar refractivity (Wildman–Crippen MR) is 100 cm³/mol. The molecule has 7 nitrogen and oxygen atoms in total. The van der Waals surface area contributed by atoms with Gasteiger partial charge in [-0.2, -0.15) is 9.78 Å². The maximum atomic E-state index is 12.2. The van der Waals surface area contributed by atoms with Crippen LogP contribution in [0.3, 0.4) is 0 Å². The first-order valence-electron chi connectivity index (χ1n) is 8.84. The minimum absolute atomic E-state index is 0.263. The lowest BCUT2D eigenvalue weighted by atomic mass is 10.0. The first-order valence-corrected chi connectivity index (χ1v) is 8.84. The molecular weight excluding hydrogens is 330 g/mol. The summed E-state index contributed by atoms with van der Waals surface area (Å²) in [6, 6.07) is 5.50. The summed E-state index contributed by atoms with van der Waals surface area (Å²) in [7, 11) is 0. The molecule has 7 heteroatoms. The average Bonchev–Trinajstić information content (AvgIpc) is 3.32. The van der Waals surface area contributed by atoms with Crippen LogP contribution < -0.4 is 5.32 Å². The smallest absolute Gasteiger partial charge is 0.342 e. The molecule has 0 saturated carbocycles. The van der Waals surface area contributed by atoms with E-state index in [9.17, 15) is 4.79 Å². The van der Waals surface area contributed by atoms with Gasteiger partial charge in [-0.15, -0.1) is 0 Å². The predicted octanol–water partition coefficient (Wildman–Crippen LogP) is 2.89. The van der Waals surface area contributed by atoms with E-state index in [1.165, 1.54) is 4.68 Å². The van der Waals surface area contributed by atoms with Gasteiger partial charge in [0.15, 0.2) is 0 Å². The van der Waals surface area contributed by atoms with Crippen LogP contribution in [0.25, 0.3) is 5.57 Å². The molecule has 3 heterocycles. The molecule has 1 N–H and O–H groups in total. The third kappa shape index (κ3) is 4.05. The summed E-state index contributed by atoms with van der Waals surface area (Å²) in [4.78, 5) is 21.1. The number of carbonyl (C=O) groups excluding carboxylic acids is 1. The van der Waals surface area contributed by atoms with Gasteiger partial charge in [-0.3, -0.25) is 9.98 Å². The molecule has 0 aromatic carbocycles. The Balaban J connectivity index is 1.70. The summed E-state index contributed by atoms with van der Waals surface area (Å²) in [6.45, 7) is 5.57. The largest absolute Gasteiger partial charge is 0.380 e. The number of aromatic nitrogens is 3. The van der Waals surface area contributed by atoms with Crippen LogP contribution >= 0.6 is 0 Å². The van der Waals surface area contributed by atoms with Crippen molar-refractivity contribution in [3.05, 3.63) is 53.7 Å². The molecule has 136 valence electrons. The van der Waals surface area contributed by atoms with Gasteiger partial charge in [-0.25, -0.2) is 4.79 Å². The standard InChI is InChI=1S/C19H23N5O2/c1-3-16-15(12-18(22-16)14-6-5-8-20-13-14)17-7-10-24(23-17)19(25)21-9-11-26-4-2/h5-8,10,13H,3-4,9,11-12H2,1-2H3,(H,21,25). The second-order valence-corrected chi connectivity index (χ2v) is 5.83. The van der Waals surface area contributed by atoms with Crippen LogP contribution in [0.4, 0.5) is 4.79 Å². The maximum Gasteiger partial charge on any atom is 0.342 e. The minimum Gasteiger partial charge on any atom is -0.380 e. The molecule has 1 amide bonds. The molecular formula is C19H23N5O2. The van der Waals surface area contributed by atoms with Gasteiger partial charge in [-0.05, 0) is 25.5 Å². The molecule has 0 atom stereocenters. The van der Waals surface area contributed by atoms with E-state index in [-0.39, 0.29) is 6.03 Å². The molecule has 3 rings (SSSR count). The molecule has 0 fully saturated rings. The fourth-order valence-corrected chi connectivity index (χ4v) is 2.82. The van der Waals surface area contributed by atoms with E-state index in [1.807, 2.05) is 31.3 Å². The second kappa shape index (κ2) is 8.53. The van der Waals surface area contributed by atoms with Crippen LogP contribution in [0.5, 0.6) is 0 Å². The highest BCUT2D eigenvalue weighted by molar-refractivity contribution is 6.09. The Morgan fingerprint density at radius 2 is 2.23 bits per heavy atom. The lowest BCUT2D eigenvalue weighted by Crippen LogP contribution is -2.31. The summed E-state index contributed by atoms with van der Waals surface area (Å²) in [5.41, 5.74) is 4.85. The van der Waals surface area contributed by atoms with Crippen LogP contribution in [0.15, 0.2) is 47.5 Å². The van der Waals surface area contributed by atoms with Gasteiger partial charge in [0.25, 0.3) is 0 Å². The Morgan fingerprint density at radius 1 is 1.35 bits per heavy atom. The Hall–Kier alpha value is -2.80. The number of hydrogen-bond donors (Lipinski definition) is 1. The normalized spacial score (nSPS) is 13.8. The lowest BCUT2D eigenvalue weighted by Gasteiger charge is -2.05. The Morgan fingerprint density at radius 3 is 2.96 bits per heavy atom. The van der Waals surface area contributed by atoms with Crippen molar-refractivity contribution >= 4 is 17.3 Å². The summed E-state index contributed by atoms with van der Waals surface area (Å²) in [5, 5.41) is 7.22. The van der Waals surface area contributed by atoms with Crippen molar-refractivity contribution in [3.8, 4) is 0 Å². The molecule has 26 heavy (non-hydrogen) atoms. The fraction of sp³-hybridized carbons (Fsp3) is 0.368. The number of nitrogens with zero attached hydrogens (tertiary/aromatic N) is 4. The van der Waals surface area contributed by atoms with E-state index >= 15 is 0 Å². The Bertz CT molecular complexity index is 823. The van der Waals surface area contributed by atoms with Crippen molar-refractivity contribution in [1.29, 1.82) is 0 Å². The number of pyridine rings is 1. The first-order chi connectivity index (χ1) is 12.7. The molecule has 2 aromatic rings. The number of carbonyl (C=O) groups is 1. The minimum atomic E-state index is -0.263. The maximum absolute atomic E-state index is 12.2. The fourth-order valence-electron chi connectivity index (χ4n) is 2.82. The molecule has 0 unspecified atom stereocenters. The molecule has 0 aliphatic carbocycles. The van der Waals surface area contributed by atoms with Crippen molar-refractivity contribution in [2.24, 2.45) is 4.99 Å². The zero-order chi connectivity index (χ0) is 18.4. The summed E-state index contributed by atoms with van der Waals surface area (Å²) >= 11 is 0. The van der Waals surface area contributed by atoms with Gasteiger partial charge < -0.3 is 10.1 Å². The van der Waals surface area contributed by atoms with Gasteiger partial charge >= 0.3 is 6.03 Å². The average molecular weight is 353 g/mol. The SMILES string of the molecule is CCOCCNC(=O)n1ccc(C2=C(CC)N=C(c3cccnc3)C2)n1. The topological polar surface area (TPSA) is 81.4 Å². The summed E-state index contributed by atoms with van der Waals surface area (Å²) < 4.78 is 6.54. The van der Waals surface area contributed by atoms with Crippen molar-refractivity contribution in [1.82, 2.24) is 20.1 Å². The molecule has 2 aromatic heterocycles. The van der Waals surface area contributed by atoms with Crippen molar-refractivity contribution in [2.45, 2.75) is 26.7 Å². The van der Waals surface area contributed by atoms with E-state index in [2.05, 4.69) is 22.3 Å². The zero-order valence-electron chi connectivity index (χ0n) is 15.1. The van der Waals surface area contributed by atoms with Gasteiger partial charge in [0, 0.05) is 55.0 Å². The van der Waals surface area contributed by atoms with Gasteiger partial charge in [0.05, 0.1) is 18.0 Å². The number of hydrogen-bond acceptors (Lipinski definition) is 5. The first kappa shape index (κ1) is 18.0. The third-order valence-corrected chi connectivity index (χ3v) is 4.13. The number of allylic oxidation sites excluding steroid dienone is 2. The highest BCUT2D eigenvalue weighted by Gasteiger charge is 2.22. The zero-order valence-corrected chi connectivity index (χ0v) is 15.1. The highest BCUT2D eigenvalue weighted by atomic mass is 16.5. The van der Waals surface area contributed by atoms with Gasteiger partial charge in [-0.1, -0.05) is 13.0 Å². The number of aliphatic imine (C=N–C) groups is 1. The van der Waals surface area contributed by atoms with Crippen molar-refractivity contribution in [3.63, 3.8) is 0 Å². The lowest BCUT2D eigenvalue weighted by molar-refractivity contribution is 0.149. The second-order valence-electron chi connectivity index (χ2n) is 5.83. The number of ether oxygens (including phenoxy) is 1. The molecule has 0 bridgehead atoms. The van der Waals surface area contributed by atoms with E-state index in [0.29, 0.717) is 26.2 Å². The van der Waals surface area contributed by atoms with Crippen LogP contribution in [0.1, 0.15) is 37.9 Å². The summed E-state index contributed by atoms with van der Waals surface area (Å²) in [6.07, 6.45) is 6.75. The number of nitrogens with one attached hydrogen (secondary N) is 1. The summed E-state index contributed by atoms with van der Waals surface area (Å²) in [5.74, 6) is 0. The van der Waals surface area contributed by atoms with Gasteiger partial charge in [0.2, 0.25) is 0 Å². The Kier molecular flexibility index (Phi) is 5.91. The number of amides is 1. The molecule has 1 aliphatic heterocycles. The van der Waals surface area contributed by atoms with Crippen molar-refractivity contribution < 1.29 is 9.53 Å². The molecule has 0 spiro atoms. The van der Waals surface area contributed by atoms with Crippen LogP contribution in [-0.2, 0) is 4.74 Å². The van der Waals surface area contributed by atoms with Gasteiger partial charge in [0.1, 0.15) is 0 Å².